The average Bonchev–Trinajstić information content (AvgIpc) is 2.28. The predicted octanol–water partition coefficient (Wildman–Crippen LogP) is 1.98. The number of rotatable bonds is 7. The minimum atomic E-state index is 0.276. The van der Waals surface area contributed by atoms with Gasteiger partial charge in [-0.2, -0.15) is 0 Å². The van der Waals surface area contributed by atoms with E-state index in [1.807, 2.05) is 6.07 Å². The van der Waals surface area contributed by atoms with E-state index in [2.05, 4.69) is 36.5 Å². The molecule has 0 amide bonds. The van der Waals surface area contributed by atoms with Crippen LogP contribution in [-0.2, 0) is 6.42 Å². The molecule has 0 aliphatic carbocycles. The van der Waals surface area contributed by atoms with E-state index in [9.17, 15) is 0 Å². The Hall–Kier alpha value is -0.860. The molecule has 0 saturated heterocycles. The molecule has 0 aromatic heterocycles. The second kappa shape index (κ2) is 7.43. The van der Waals surface area contributed by atoms with Crippen LogP contribution in [0.3, 0.4) is 0 Å². The van der Waals surface area contributed by atoms with Crippen molar-refractivity contribution in [3.05, 3.63) is 35.9 Å². The van der Waals surface area contributed by atoms with Crippen molar-refractivity contribution in [1.82, 2.24) is 5.32 Å². The standard InChI is InChI=1S/C13H21NO/c1-12(14-10-5-11-15)8-9-13-6-3-2-4-7-13/h2-4,6-7,12,14-15H,5,8-11H2,1H3. The van der Waals surface area contributed by atoms with Gasteiger partial charge in [-0.05, 0) is 38.3 Å². The summed E-state index contributed by atoms with van der Waals surface area (Å²) in [6, 6.07) is 11.1. The number of hydrogen-bond donors (Lipinski definition) is 2. The number of aliphatic hydroxyl groups is 1. The molecule has 1 aromatic rings. The fourth-order valence-corrected chi connectivity index (χ4v) is 1.56. The van der Waals surface area contributed by atoms with Crippen molar-refractivity contribution < 1.29 is 5.11 Å². The molecule has 1 atom stereocenters. The third-order valence-electron chi connectivity index (χ3n) is 2.54. The Morgan fingerprint density at radius 3 is 2.67 bits per heavy atom. The van der Waals surface area contributed by atoms with Crippen LogP contribution in [0.5, 0.6) is 0 Å². The molecule has 1 unspecified atom stereocenters. The van der Waals surface area contributed by atoms with Gasteiger partial charge in [0.05, 0.1) is 0 Å². The summed E-state index contributed by atoms with van der Waals surface area (Å²) in [6.45, 7) is 3.38. The largest absolute Gasteiger partial charge is 0.396 e. The van der Waals surface area contributed by atoms with Crippen molar-refractivity contribution in [3.8, 4) is 0 Å². The van der Waals surface area contributed by atoms with Gasteiger partial charge in [-0.25, -0.2) is 0 Å². The van der Waals surface area contributed by atoms with Crippen LogP contribution in [0.25, 0.3) is 0 Å². The number of aryl methyl sites for hydroxylation is 1. The van der Waals surface area contributed by atoms with Gasteiger partial charge >= 0.3 is 0 Å². The molecule has 2 heteroatoms. The highest BCUT2D eigenvalue weighted by Gasteiger charge is 2.00. The number of aliphatic hydroxyl groups excluding tert-OH is 1. The minimum Gasteiger partial charge on any atom is -0.396 e. The van der Waals surface area contributed by atoms with Gasteiger partial charge in [0.25, 0.3) is 0 Å². The van der Waals surface area contributed by atoms with Gasteiger partial charge in [0.15, 0.2) is 0 Å². The summed E-state index contributed by atoms with van der Waals surface area (Å²) in [6.07, 6.45) is 3.11. The van der Waals surface area contributed by atoms with E-state index in [4.69, 9.17) is 5.11 Å². The molecule has 2 nitrogen and oxygen atoms in total. The van der Waals surface area contributed by atoms with Gasteiger partial charge in [0.1, 0.15) is 0 Å². The summed E-state index contributed by atoms with van der Waals surface area (Å²) < 4.78 is 0. The molecule has 0 spiro atoms. The fourth-order valence-electron chi connectivity index (χ4n) is 1.56. The first-order valence-electron chi connectivity index (χ1n) is 5.71. The second-order valence-electron chi connectivity index (χ2n) is 3.96. The predicted molar refractivity (Wildman–Crippen MR) is 63.9 cm³/mol. The lowest BCUT2D eigenvalue weighted by atomic mass is 10.1. The van der Waals surface area contributed by atoms with E-state index < -0.39 is 0 Å². The first kappa shape index (κ1) is 12.2. The Kier molecular flexibility index (Phi) is 6.05. The number of nitrogens with one attached hydrogen (secondary N) is 1. The minimum absolute atomic E-state index is 0.276. The van der Waals surface area contributed by atoms with Crippen molar-refractivity contribution in [2.24, 2.45) is 0 Å². The molecule has 15 heavy (non-hydrogen) atoms. The first-order chi connectivity index (χ1) is 7.33. The lowest BCUT2D eigenvalue weighted by Crippen LogP contribution is -2.27. The Balaban J connectivity index is 2.14. The van der Waals surface area contributed by atoms with Crippen molar-refractivity contribution >= 4 is 0 Å². The van der Waals surface area contributed by atoms with E-state index >= 15 is 0 Å². The summed E-state index contributed by atoms with van der Waals surface area (Å²) in [5.41, 5.74) is 1.40. The molecule has 0 saturated carbocycles. The monoisotopic (exact) mass is 207 g/mol. The number of benzene rings is 1. The third-order valence-corrected chi connectivity index (χ3v) is 2.54. The van der Waals surface area contributed by atoms with Crippen LogP contribution in [0.1, 0.15) is 25.3 Å². The quantitative estimate of drug-likeness (QED) is 0.670. The Morgan fingerprint density at radius 1 is 1.27 bits per heavy atom. The third kappa shape index (κ3) is 5.55. The molecule has 0 bridgehead atoms. The van der Waals surface area contributed by atoms with Crippen LogP contribution in [0.2, 0.25) is 0 Å². The maximum absolute atomic E-state index is 8.65. The summed E-state index contributed by atoms with van der Waals surface area (Å²) in [5.74, 6) is 0. The van der Waals surface area contributed by atoms with E-state index in [1.54, 1.807) is 0 Å². The van der Waals surface area contributed by atoms with Gasteiger partial charge < -0.3 is 10.4 Å². The maximum atomic E-state index is 8.65. The molecular formula is C13H21NO. The lowest BCUT2D eigenvalue weighted by Gasteiger charge is -2.13. The van der Waals surface area contributed by atoms with Gasteiger partial charge in [-0.15, -0.1) is 0 Å². The topological polar surface area (TPSA) is 32.3 Å². The van der Waals surface area contributed by atoms with Crippen molar-refractivity contribution in [3.63, 3.8) is 0 Å². The number of hydrogen-bond acceptors (Lipinski definition) is 2. The lowest BCUT2D eigenvalue weighted by molar-refractivity contribution is 0.283. The summed E-state index contributed by atoms with van der Waals surface area (Å²) in [5, 5.41) is 12.0. The zero-order valence-electron chi connectivity index (χ0n) is 9.45. The zero-order chi connectivity index (χ0) is 10.9. The van der Waals surface area contributed by atoms with Crippen LogP contribution >= 0.6 is 0 Å². The van der Waals surface area contributed by atoms with Crippen LogP contribution in [0.4, 0.5) is 0 Å². The molecule has 0 radical (unpaired) electrons. The van der Waals surface area contributed by atoms with E-state index in [0.29, 0.717) is 6.04 Å². The smallest absolute Gasteiger partial charge is 0.0443 e. The molecule has 1 rings (SSSR count). The maximum Gasteiger partial charge on any atom is 0.0443 e. The van der Waals surface area contributed by atoms with Crippen molar-refractivity contribution in [1.29, 1.82) is 0 Å². The Morgan fingerprint density at radius 2 is 2.00 bits per heavy atom. The highest BCUT2D eigenvalue weighted by Crippen LogP contribution is 2.04. The molecule has 0 aliphatic heterocycles. The molecule has 0 fully saturated rings. The van der Waals surface area contributed by atoms with E-state index in [1.165, 1.54) is 5.56 Å². The Labute approximate surface area is 92.3 Å². The highest BCUT2D eigenvalue weighted by molar-refractivity contribution is 5.14. The van der Waals surface area contributed by atoms with Gasteiger partial charge in [-0.3, -0.25) is 0 Å². The van der Waals surface area contributed by atoms with E-state index in [0.717, 1.165) is 25.8 Å². The van der Waals surface area contributed by atoms with Crippen LogP contribution in [-0.4, -0.2) is 24.3 Å². The normalized spacial score (nSPS) is 12.7. The van der Waals surface area contributed by atoms with E-state index in [-0.39, 0.29) is 6.61 Å². The van der Waals surface area contributed by atoms with Gasteiger partial charge in [0, 0.05) is 12.6 Å². The van der Waals surface area contributed by atoms with Crippen molar-refractivity contribution in [2.45, 2.75) is 32.2 Å². The Bertz CT molecular complexity index is 248. The fraction of sp³-hybridized carbons (Fsp3) is 0.538. The van der Waals surface area contributed by atoms with Crippen molar-refractivity contribution in [2.75, 3.05) is 13.2 Å². The molecule has 0 heterocycles. The first-order valence-corrected chi connectivity index (χ1v) is 5.71. The molecule has 2 N–H and O–H groups in total. The zero-order valence-corrected chi connectivity index (χ0v) is 9.45. The highest BCUT2D eigenvalue weighted by atomic mass is 16.3. The SMILES string of the molecule is CC(CCc1ccccc1)NCCCO. The van der Waals surface area contributed by atoms with Gasteiger partial charge in [0.2, 0.25) is 0 Å². The summed E-state index contributed by atoms with van der Waals surface area (Å²) >= 11 is 0. The molecule has 1 aromatic carbocycles. The van der Waals surface area contributed by atoms with Crippen LogP contribution in [0.15, 0.2) is 30.3 Å². The average molecular weight is 207 g/mol. The second-order valence-corrected chi connectivity index (χ2v) is 3.96. The molecule has 84 valence electrons. The van der Waals surface area contributed by atoms with Crippen LogP contribution in [0, 0.1) is 0 Å². The molecule has 0 aliphatic rings. The van der Waals surface area contributed by atoms with Crippen LogP contribution < -0.4 is 5.32 Å². The molecular weight excluding hydrogens is 186 g/mol. The van der Waals surface area contributed by atoms with Gasteiger partial charge in [-0.1, -0.05) is 30.3 Å². The summed E-state index contributed by atoms with van der Waals surface area (Å²) in [7, 11) is 0. The summed E-state index contributed by atoms with van der Waals surface area (Å²) in [4.78, 5) is 0.